The summed E-state index contributed by atoms with van der Waals surface area (Å²) in [6.45, 7) is 18.4. The van der Waals surface area contributed by atoms with E-state index in [1.54, 1.807) is 20.6 Å². The molecule has 5 rings (SSSR count). The highest BCUT2D eigenvalue weighted by Gasteiger charge is 2.55. The summed E-state index contributed by atoms with van der Waals surface area (Å²) in [4.78, 5) is 11.7. The van der Waals surface area contributed by atoms with Gasteiger partial charge in [0, 0.05) is 24.2 Å². The molecule has 3 aromatic heterocycles. The molecule has 242 valence electrons. The molecule has 0 saturated carbocycles. The van der Waals surface area contributed by atoms with E-state index in [-0.39, 0.29) is 11.7 Å². The largest absolute Gasteiger partial charge is 0.358 e. The molecule has 2 aliphatic heterocycles. The van der Waals surface area contributed by atoms with E-state index >= 15 is 0 Å². The number of quaternary nitrogens is 1. The van der Waals surface area contributed by atoms with Gasteiger partial charge in [-0.1, -0.05) is 76.7 Å². The van der Waals surface area contributed by atoms with Gasteiger partial charge >= 0.3 is 5.82 Å². The van der Waals surface area contributed by atoms with Crippen molar-refractivity contribution in [3.05, 3.63) is 73.5 Å². The molecule has 0 fully saturated rings. The van der Waals surface area contributed by atoms with E-state index in [1.807, 2.05) is 31.6 Å². The Morgan fingerprint density at radius 1 is 1.07 bits per heavy atom. The van der Waals surface area contributed by atoms with Gasteiger partial charge in [-0.05, 0) is 56.1 Å². The number of rotatable bonds is 12. The average Bonchev–Trinajstić information content (AvgIpc) is 3.81. The lowest BCUT2D eigenvalue weighted by Gasteiger charge is -2.30. The van der Waals surface area contributed by atoms with Crippen molar-refractivity contribution in [2.45, 2.75) is 107 Å². The fourth-order valence-corrected chi connectivity index (χ4v) is 6.55. The lowest BCUT2D eigenvalue weighted by molar-refractivity contribution is -1.01. The van der Waals surface area contributed by atoms with Crippen molar-refractivity contribution in [2.75, 3.05) is 0 Å². The minimum Gasteiger partial charge on any atom is -0.358 e. The Labute approximate surface area is 269 Å². The maximum absolute atomic E-state index is 12.1. The maximum atomic E-state index is 12.1. The fraction of sp³-hybridized carbons (Fsp3) is 0.548. The molecule has 0 amide bonds. The Balaban J connectivity index is 1.67. The number of aromatic nitrogens is 6. The zero-order valence-corrected chi connectivity index (χ0v) is 28.5. The number of hydrogen-bond acceptors (Lipinski definition) is 8. The maximum Gasteiger partial charge on any atom is 0.338 e. The predicted molar refractivity (Wildman–Crippen MR) is 174 cm³/mol. The third-order valence-electron chi connectivity index (χ3n) is 8.58. The number of halogens is 1. The summed E-state index contributed by atoms with van der Waals surface area (Å²) in [6.07, 6.45) is 8.42. The normalized spacial score (nSPS) is 20.4. The second kappa shape index (κ2) is 12.5. The van der Waals surface area contributed by atoms with Crippen LogP contribution in [-0.2, 0) is 31.3 Å². The molecule has 3 aromatic rings. The summed E-state index contributed by atoms with van der Waals surface area (Å²) < 4.78 is 5.49. The van der Waals surface area contributed by atoms with Crippen LogP contribution in [0.25, 0.3) is 11.4 Å². The van der Waals surface area contributed by atoms with Crippen molar-refractivity contribution in [1.29, 1.82) is 0 Å². The van der Waals surface area contributed by atoms with Crippen LogP contribution in [0.15, 0.2) is 35.0 Å². The van der Waals surface area contributed by atoms with Crippen LogP contribution in [0.2, 0.25) is 5.15 Å². The van der Waals surface area contributed by atoms with E-state index in [2.05, 4.69) is 53.0 Å². The van der Waals surface area contributed by atoms with Crippen LogP contribution in [0.1, 0.15) is 96.6 Å². The van der Waals surface area contributed by atoms with Crippen LogP contribution in [0.3, 0.4) is 0 Å². The minimum atomic E-state index is -1.05. The molecule has 0 radical (unpaired) electrons. The number of aryl methyl sites for hydroxylation is 5. The zero-order valence-electron chi connectivity index (χ0n) is 27.8. The first-order chi connectivity index (χ1) is 21.4. The molecule has 0 aliphatic carbocycles. The van der Waals surface area contributed by atoms with Gasteiger partial charge in [0.25, 0.3) is 0 Å². The number of nitrogens with zero attached hydrogens (tertiary/aromatic N) is 9. The number of nitrogens with one attached hydrogen (secondary N) is 2. The van der Waals surface area contributed by atoms with Crippen LogP contribution < -0.4 is 10.5 Å². The topological polar surface area (TPSA) is 129 Å². The van der Waals surface area contributed by atoms with E-state index in [1.165, 1.54) is 0 Å². The van der Waals surface area contributed by atoms with Crippen molar-refractivity contribution >= 4 is 23.0 Å². The molecule has 45 heavy (non-hydrogen) atoms. The van der Waals surface area contributed by atoms with Gasteiger partial charge < -0.3 is 10.1 Å². The van der Waals surface area contributed by atoms with Gasteiger partial charge in [-0.25, -0.2) is 14.0 Å². The van der Waals surface area contributed by atoms with Crippen LogP contribution >= 0.6 is 11.6 Å². The third-order valence-corrected chi connectivity index (χ3v) is 8.92. The van der Waals surface area contributed by atoms with Crippen molar-refractivity contribution in [3.8, 4) is 5.69 Å². The van der Waals surface area contributed by atoms with Crippen molar-refractivity contribution < 1.29 is 10.0 Å². The summed E-state index contributed by atoms with van der Waals surface area (Å²) in [7, 11) is 0. The molecule has 0 spiro atoms. The quantitative estimate of drug-likeness (QED) is 0.219. The van der Waals surface area contributed by atoms with Crippen molar-refractivity contribution in [1.82, 2.24) is 39.9 Å². The first-order valence-corrected chi connectivity index (χ1v) is 16.4. The second-order valence-corrected chi connectivity index (χ2v) is 12.4. The average molecular weight is 639 g/mol. The molecule has 0 saturated heterocycles. The minimum absolute atomic E-state index is 0.00929. The summed E-state index contributed by atoms with van der Waals surface area (Å²) in [6, 6.07) is 2.14. The molecular weight excluding hydrogens is 594 g/mol. The highest BCUT2D eigenvalue weighted by atomic mass is 35.5. The van der Waals surface area contributed by atoms with Gasteiger partial charge in [0.15, 0.2) is 16.5 Å². The predicted octanol–water partition coefficient (Wildman–Crippen LogP) is 4.58. The molecule has 2 N–H and O–H groups in total. The van der Waals surface area contributed by atoms with E-state index in [4.69, 9.17) is 32.0 Å². The SMILES string of the molecule is CCCc1cc(CC)n(-c2c(C)nn(C3=C(CC)[NH+](N4NC([N+](=O)[O-])=CC4(C)n4cc(CC)c(CC)n4)N=C3C(C)C)c2Cl)n1. The van der Waals surface area contributed by atoms with Gasteiger partial charge in [-0.15, -0.1) is 5.43 Å². The first-order valence-electron chi connectivity index (χ1n) is 16.0. The molecule has 2 unspecified atom stereocenters. The van der Waals surface area contributed by atoms with Gasteiger partial charge in [-0.2, -0.15) is 15.3 Å². The Morgan fingerprint density at radius 2 is 1.80 bits per heavy atom. The first kappa shape index (κ1) is 32.6. The standard InChI is InChI=1S/C31H44ClN11O2/c1-10-15-22-16-23(12-3)39(34-22)28-20(8)33-40(30(28)32)29-25(14-5)41(37-27(29)19(6)7)43-31(9,17-26(36-43)42(44)45)38-18-21(11-2)24(13-4)35-38/h16-19,36H,10-15H2,1-9H3/p+1. The van der Waals surface area contributed by atoms with Gasteiger partial charge in [0.1, 0.15) is 11.4 Å². The highest BCUT2D eigenvalue weighted by molar-refractivity contribution is 6.33. The third kappa shape index (κ3) is 5.40. The van der Waals surface area contributed by atoms with Crippen molar-refractivity contribution in [2.24, 2.45) is 11.0 Å². The van der Waals surface area contributed by atoms with Gasteiger partial charge in [-0.3, -0.25) is 0 Å². The Kier molecular flexibility index (Phi) is 9.07. The smallest absolute Gasteiger partial charge is 0.338 e. The monoisotopic (exact) mass is 638 g/mol. The van der Waals surface area contributed by atoms with E-state index in [9.17, 15) is 10.1 Å². The molecule has 2 atom stereocenters. The number of allylic oxidation sites excluding steroid dienone is 2. The van der Waals surface area contributed by atoms with Gasteiger partial charge in [0.2, 0.25) is 5.66 Å². The number of hydrogen-bond donors (Lipinski definition) is 2. The molecule has 0 aromatic carbocycles. The Hall–Kier alpha value is -3.81. The van der Waals surface area contributed by atoms with Crippen LogP contribution in [-0.4, -0.2) is 45.1 Å². The zero-order chi connectivity index (χ0) is 32.8. The van der Waals surface area contributed by atoms with E-state index in [0.29, 0.717) is 16.7 Å². The van der Waals surface area contributed by atoms with Gasteiger partial charge in [0.05, 0.1) is 28.3 Å². The van der Waals surface area contributed by atoms with Crippen LogP contribution in [0.5, 0.6) is 0 Å². The van der Waals surface area contributed by atoms with Crippen LogP contribution in [0, 0.1) is 23.0 Å². The lowest BCUT2D eigenvalue weighted by atomic mass is 10.0. The van der Waals surface area contributed by atoms with E-state index < -0.39 is 10.6 Å². The lowest BCUT2D eigenvalue weighted by Crippen LogP contribution is -3.15. The Bertz CT molecular complexity index is 1690. The summed E-state index contributed by atoms with van der Waals surface area (Å²) in [5, 5.41) is 34.8. The fourth-order valence-electron chi connectivity index (χ4n) is 6.21. The molecular formula is C31H45ClN11O2+. The molecule has 0 bridgehead atoms. The summed E-state index contributed by atoms with van der Waals surface area (Å²) in [5.74, 6) is -0.124. The second-order valence-electron chi connectivity index (χ2n) is 12.0. The molecule has 14 heteroatoms. The molecule has 5 heterocycles. The summed E-state index contributed by atoms with van der Waals surface area (Å²) in [5.41, 5.74) is 10.1. The Morgan fingerprint density at radius 3 is 2.36 bits per heavy atom. The number of nitro groups is 1. The molecule has 13 nitrogen and oxygen atoms in total. The van der Waals surface area contributed by atoms with Crippen LogP contribution in [0.4, 0.5) is 0 Å². The highest BCUT2D eigenvalue weighted by Crippen LogP contribution is 2.34. The van der Waals surface area contributed by atoms with Crippen molar-refractivity contribution in [3.63, 3.8) is 0 Å². The molecule has 2 aliphatic rings. The van der Waals surface area contributed by atoms with E-state index in [0.717, 1.165) is 83.2 Å². The summed E-state index contributed by atoms with van der Waals surface area (Å²) >= 11 is 7.23. The number of hydrazine groups is 1.